The summed E-state index contributed by atoms with van der Waals surface area (Å²) in [5.41, 5.74) is 0.247. The van der Waals surface area contributed by atoms with Gasteiger partial charge in [0.25, 0.3) is 0 Å². The van der Waals surface area contributed by atoms with Gasteiger partial charge in [0.1, 0.15) is 30.2 Å². The second-order valence-corrected chi connectivity index (χ2v) is 7.59. The Balaban J connectivity index is 2.14. The zero-order chi connectivity index (χ0) is 19.8. The van der Waals surface area contributed by atoms with Crippen molar-refractivity contribution in [3.05, 3.63) is 11.3 Å². The molecule has 0 spiro atoms. The highest BCUT2D eigenvalue weighted by Gasteiger charge is 2.44. The Labute approximate surface area is 153 Å². The maximum atomic E-state index is 12.2. The Morgan fingerprint density at radius 1 is 1.12 bits per heavy atom. The molecule has 1 saturated heterocycles. The molecule has 8 nitrogen and oxygen atoms in total. The minimum Gasteiger partial charge on any atom is -0.466 e. The van der Waals surface area contributed by atoms with E-state index >= 15 is 0 Å². The molecule has 0 bridgehead atoms. The lowest BCUT2D eigenvalue weighted by molar-refractivity contribution is -0.284. The maximum Gasteiger partial charge on any atom is 0.337 e. The zero-order valence-corrected chi connectivity index (χ0v) is 15.8. The molecule has 0 radical (unpaired) electrons. The van der Waals surface area contributed by atoms with E-state index in [0.717, 1.165) is 0 Å². The van der Waals surface area contributed by atoms with Crippen LogP contribution in [0.4, 0.5) is 0 Å². The average Bonchev–Trinajstić information content (AvgIpc) is 2.59. The van der Waals surface area contributed by atoms with Gasteiger partial charge in [-0.2, -0.15) is 0 Å². The normalized spacial score (nSPS) is 38.2. The summed E-state index contributed by atoms with van der Waals surface area (Å²) < 4.78 is 16.5. The predicted molar refractivity (Wildman–Crippen MR) is 90.6 cm³/mol. The van der Waals surface area contributed by atoms with E-state index in [-0.39, 0.29) is 29.6 Å². The maximum absolute atomic E-state index is 12.2. The van der Waals surface area contributed by atoms with Gasteiger partial charge in [-0.25, -0.2) is 4.79 Å². The third-order valence-corrected chi connectivity index (χ3v) is 5.24. The first-order valence-electron chi connectivity index (χ1n) is 8.99. The lowest BCUT2D eigenvalue weighted by Crippen LogP contribution is -2.57. The van der Waals surface area contributed by atoms with Crippen molar-refractivity contribution in [3.8, 4) is 0 Å². The van der Waals surface area contributed by atoms with Gasteiger partial charge in [-0.1, -0.05) is 20.8 Å². The van der Waals surface area contributed by atoms with E-state index in [0.29, 0.717) is 0 Å². The summed E-state index contributed by atoms with van der Waals surface area (Å²) in [6, 6.07) is 0. The molecule has 26 heavy (non-hydrogen) atoms. The van der Waals surface area contributed by atoms with Gasteiger partial charge in [0.15, 0.2) is 0 Å². The topological polar surface area (TPSA) is 126 Å². The smallest absolute Gasteiger partial charge is 0.337 e. The first-order valence-corrected chi connectivity index (χ1v) is 8.99. The number of cyclic esters (lactones) is 1. The summed E-state index contributed by atoms with van der Waals surface area (Å²) in [4.78, 5) is 12.2. The van der Waals surface area contributed by atoms with Crippen LogP contribution in [0.25, 0.3) is 0 Å². The van der Waals surface area contributed by atoms with E-state index in [9.17, 15) is 25.2 Å². The van der Waals surface area contributed by atoms with Gasteiger partial charge in [0.05, 0.1) is 17.8 Å². The molecule has 0 saturated carbocycles. The molecule has 2 aliphatic rings. The van der Waals surface area contributed by atoms with Crippen molar-refractivity contribution in [1.29, 1.82) is 0 Å². The molecule has 0 aromatic carbocycles. The van der Waals surface area contributed by atoms with E-state index < -0.39 is 48.9 Å². The van der Waals surface area contributed by atoms with Crippen LogP contribution in [0.3, 0.4) is 0 Å². The molecule has 1 fully saturated rings. The minimum atomic E-state index is -1.46. The van der Waals surface area contributed by atoms with Crippen LogP contribution in [-0.2, 0) is 19.0 Å². The summed E-state index contributed by atoms with van der Waals surface area (Å²) in [5, 5.41) is 40.0. The van der Waals surface area contributed by atoms with Crippen molar-refractivity contribution in [3.63, 3.8) is 0 Å². The highest BCUT2D eigenvalue weighted by atomic mass is 16.7. The molecule has 0 aromatic heterocycles. The van der Waals surface area contributed by atoms with Gasteiger partial charge in [0, 0.05) is 12.3 Å². The van der Waals surface area contributed by atoms with Crippen molar-refractivity contribution in [2.75, 3.05) is 0 Å². The number of esters is 1. The first-order chi connectivity index (χ1) is 12.0. The van der Waals surface area contributed by atoms with Crippen LogP contribution >= 0.6 is 0 Å². The number of aliphatic hydroxyl groups is 4. The lowest BCUT2D eigenvalue weighted by atomic mass is 9.87. The summed E-state index contributed by atoms with van der Waals surface area (Å²) in [6.45, 7) is 8.65. The Morgan fingerprint density at radius 2 is 1.73 bits per heavy atom. The number of hydrogen-bond acceptors (Lipinski definition) is 8. The van der Waals surface area contributed by atoms with Gasteiger partial charge >= 0.3 is 5.97 Å². The fraction of sp³-hybridized carbons (Fsp3) is 0.833. The summed E-state index contributed by atoms with van der Waals surface area (Å²) >= 11 is 0. The molecule has 2 heterocycles. The molecule has 0 aliphatic carbocycles. The molecule has 8 heteroatoms. The molecule has 3 unspecified atom stereocenters. The van der Waals surface area contributed by atoms with Gasteiger partial charge in [0.2, 0.25) is 6.29 Å². The van der Waals surface area contributed by atoms with Crippen LogP contribution in [0.2, 0.25) is 0 Å². The van der Waals surface area contributed by atoms with Crippen molar-refractivity contribution < 1.29 is 39.4 Å². The summed E-state index contributed by atoms with van der Waals surface area (Å²) in [7, 11) is 0. The highest BCUT2D eigenvalue weighted by Crippen LogP contribution is 2.32. The quantitative estimate of drug-likeness (QED) is 0.498. The average molecular weight is 374 g/mol. The monoisotopic (exact) mass is 374 g/mol. The largest absolute Gasteiger partial charge is 0.466 e. The number of ether oxygens (including phenoxy) is 3. The second-order valence-electron chi connectivity index (χ2n) is 7.59. The molecule has 0 amide bonds. The van der Waals surface area contributed by atoms with E-state index in [1.165, 1.54) is 0 Å². The third kappa shape index (κ3) is 4.20. The Kier molecular flexibility index (Phi) is 6.68. The number of hydrogen-bond donors (Lipinski definition) is 4. The van der Waals surface area contributed by atoms with Crippen molar-refractivity contribution in [2.24, 2.45) is 11.8 Å². The molecule has 150 valence electrons. The number of aliphatic hydroxyl groups excluding tert-OH is 4. The number of carbonyl (C=O) groups excluding carboxylic acids is 1. The molecular weight excluding hydrogens is 344 g/mol. The highest BCUT2D eigenvalue weighted by molar-refractivity contribution is 5.89. The van der Waals surface area contributed by atoms with Gasteiger partial charge in [-0.05, 0) is 19.8 Å². The van der Waals surface area contributed by atoms with Gasteiger partial charge < -0.3 is 34.6 Å². The van der Waals surface area contributed by atoms with Gasteiger partial charge in [-0.15, -0.1) is 0 Å². The Bertz CT molecular complexity index is 545. The summed E-state index contributed by atoms with van der Waals surface area (Å²) in [6.07, 6.45) is -7.08. The van der Waals surface area contributed by atoms with Crippen molar-refractivity contribution in [1.82, 2.24) is 0 Å². The Hall–Kier alpha value is -1.19. The fourth-order valence-electron chi connectivity index (χ4n) is 3.22. The fourth-order valence-corrected chi connectivity index (χ4v) is 3.22. The second kappa shape index (κ2) is 8.22. The van der Waals surface area contributed by atoms with Gasteiger partial charge in [-0.3, -0.25) is 0 Å². The third-order valence-electron chi connectivity index (χ3n) is 5.24. The van der Waals surface area contributed by atoms with Crippen LogP contribution in [0, 0.1) is 11.8 Å². The van der Waals surface area contributed by atoms with Crippen molar-refractivity contribution >= 4 is 5.97 Å². The summed E-state index contributed by atoms with van der Waals surface area (Å²) in [5.74, 6) is -0.581. The molecule has 8 atom stereocenters. The number of carbonyl (C=O) groups is 1. The molecule has 4 N–H and O–H groups in total. The van der Waals surface area contributed by atoms with E-state index in [2.05, 4.69) is 0 Å². The zero-order valence-electron chi connectivity index (χ0n) is 15.8. The first kappa shape index (κ1) is 21.1. The molecular formula is C18H30O8. The predicted octanol–water partition coefficient (Wildman–Crippen LogP) is 0.0730. The van der Waals surface area contributed by atoms with Crippen LogP contribution < -0.4 is 0 Å². The lowest BCUT2D eigenvalue weighted by Gasteiger charge is -2.40. The SMILES string of the molecule is CC1=C(O[C@@H]2O[C@@H](C)[C@H](O)[C@@H](O)[C@H]2O)CC(C(C)C(O)C(C)C)OC1=O. The number of rotatable bonds is 5. The van der Waals surface area contributed by atoms with Crippen LogP contribution in [0.5, 0.6) is 0 Å². The van der Waals surface area contributed by atoms with E-state index in [1.807, 2.05) is 13.8 Å². The van der Waals surface area contributed by atoms with Crippen LogP contribution in [-0.4, -0.2) is 69.3 Å². The minimum absolute atomic E-state index is 0.000979. The molecule has 2 aliphatic heterocycles. The van der Waals surface area contributed by atoms with Crippen LogP contribution in [0.15, 0.2) is 11.3 Å². The van der Waals surface area contributed by atoms with Crippen LogP contribution in [0.1, 0.15) is 41.0 Å². The standard InChI is InChI=1S/C18H30O8/c1-7(2)13(19)8(3)11-6-12(9(4)17(23)25-11)26-18-16(22)15(21)14(20)10(5)24-18/h7-8,10-11,13-16,18-22H,6H2,1-5H3/t8?,10-,11?,13?,14-,15+,16+,18-/m0/s1. The van der Waals surface area contributed by atoms with E-state index in [1.54, 1.807) is 20.8 Å². The Morgan fingerprint density at radius 3 is 2.31 bits per heavy atom. The molecule has 0 aromatic rings. The molecule has 2 rings (SSSR count). The van der Waals surface area contributed by atoms with E-state index in [4.69, 9.17) is 14.2 Å². The van der Waals surface area contributed by atoms with Crippen molar-refractivity contribution in [2.45, 2.75) is 84.0 Å².